The van der Waals surface area contributed by atoms with Crippen molar-refractivity contribution in [3.8, 4) is 0 Å². The number of carboxylic acid groups (broad SMARTS) is 1. The first-order valence-electron chi connectivity index (χ1n) is 7.17. The van der Waals surface area contributed by atoms with E-state index >= 15 is 0 Å². The number of aliphatic carboxylic acids is 1. The van der Waals surface area contributed by atoms with Crippen LogP contribution in [0.2, 0.25) is 0 Å². The number of hydrogen-bond donors (Lipinski definition) is 2. The molecule has 1 aromatic carbocycles. The van der Waals surface area contributed by atoms with E-state index in [4.69, 9.17) is 5.11 Å². The first-order valence-corrected chi connectivity index (χ1v) is 7.17. The number of carbonyl (C=O) groups excluding carboxylic acids is 1. The van der Waals surface area contributed by atoms with E-state index in [0.717, 1.165) is 16.6 Å². The Balaban J connectivity index is 1.85. The van der Waals surface area contributed by atoms with Crippen molar-refractivity contribution in [1.82, 2.24) is 9.88 Å². The first kappa shape index (κ1) is 13.7. The molecule has 1 aliphatic heterocycles. The zero-order valence-corrected chi connectivity index (χ0v) is 11.9. The van der Waals surface area contributed by atoms with E-state index in [2.05, 4.69) is 4.98 Å². The lowest BCUT2D eigenvalue weighted by molar-refractivity contribution is -0.143. The van der Waals surface area contributed by atoms with Crippen molar-refractivity contribution in [3.63, 3.8) is 0 Å². The molecule has 110 valence electrons. The van der Waals surface area contributed by atoms with Crippen molar-refractivity contribution in [2.45, 2.75) is 19.8 Å². The molecule has 5 heteroatoms. The summed E-state index contributed by atoms with van der Waals surface area (Å²) in [5, 5.41) is 9.95. The van der Waals surface area contributed by atoms with Gasteiger partial charge >= 0.3 is 5.97 Å². The number of nitrogens with zero attached hydrogens (tertiary/aromatic N) is 1. The molecular formula is C16H18N2O3. The number of likely N-dealkylation sites (tertiary alicyclic amines) is 1. The van der Waals surface area contributed by atoms with Crippen LogP contribution >= 0.6 is 0 Å². The molecule has 1 aliphatic rings. The van der Waals surface area contributed by atoms with Gasteiger partial charge in [0.05, 0.1) is 11.5 Å². The Kier molecular flexibility index (Phi) is 3.41. The lowest BCUT2D eigenvalue weighted by Gasteiger charge is -2.30. The highest BCUT2D eigenvalue weighted by atomic mass is 16.4. The van der Waals surface area contributed by atoms with Crippen LogP contribution in [0, 0.1) is 12.8 Å². The van der Waals surface area contributed by atoms with Crippen LogP contribution in [-0.4, -0.2) is 40.0 Å². The summed E-state index contributed by atoms with van der Waals surface area (Å²) in [6, 6.07) is 7.75. The maximum absolute atomic E-state index is 12.7. The van der Waals surface area contributed by atoms with Crippen molar-refractivity contribution in [2.24, 2.45) is 5.92 Å². The smallest absolute Gasteiger partial charge is 0.306 e. The summed E-state index contributed by atoms with van der Waals surface area (Å²) in [6.45, 7) is 2.92. The predicted octanol–water partition coefficient (Wildman–Crippen LogP) is 2.41. The number of carbonyl (C=O) groups is 2. The molecule has 2 N–H and O–H groups in total. The molecule has 0 spiro atoms. The molecular weight excluding hydrogens is 268 g/mol. The van der Waals surface area contributed by atoms with Crippen LogP contribution in [0.25, 0.3) is 10.9 Å². The van der Waals surface area contributed by atoms with E-state index in [1.807, 2.05) is 31.2 Å². The van der Waals surface area contributed by atoms with Gasteiger partial charge in [0, 0.05) is 29.7 Å². The second-order valence-electron chi connectivity index (χ2n) is 5.58. The Bertz CT molecular complexity index is 697. The van der Waals surface area contributed by atoms with Gasteiger partial charge in [0.15, 0.2) is 0 Å². The lowest BCUT2D eigenvalue weighted by Crippen LogP contribution is -2.40. The Morgan fingerprint density at radius 1 is 1.24 bits per heavy atom. The minimum absolute atomic E-state index is 0.00575. The number of para-hydroxylation sites is 1. The average Bonchev–Trinajstić information content (AvgIpc) is 2.82. The van der Waals surface area contributed by atoms with Gasteiger partial charge in [-0.05, 0) is 25.8 Å². The average molecular weight is 286 g/mol. The molecule has 5 nitrogen and oxygen atoms in total. The molecule has 2 heterocycles. The van der Waals surface area contributed by atoms with E-state index < -0.39 is 5.97 Å². The standard InChI is InChI=1S/C16H18N2O3/c1-10-14(12-4-2-3-5-13(12)17-10)15(19)18-8-6-11(7-9-18)16(20)21/h2-5,11,17H,6-9H2,1H3,(H,20,21). The summed E-state index contributed by atoms with van der Waals surface area (Å²) in [4.78, 5) is 28.7. The summed E-state index contributed by atoms with van der Waals surface area (Å²) < 4.78 is 0. The van der Waals surface area contributed by atoms with E-state index in [9.17, 15) is 9.59 Å². The number of H-pyrrole nitrogens is 1. The maximum atomic E-state index is 12.7. The third-order valence-corrected chi connectivity index (χ3v) is 4.24. The second-order valence-corrected chi connectivity index (χ2v) is 5.58. The number of carboxylic acids is 1. The molecule has 1 amide bonds. The number of aromatic nitrogens is 1. The molecule has 0 unspecified atom stereocenters. The van der Waals surface area contributed by atoms with Crippen molar-refractivity contribution >= 4 is 22.8 Å². The zero-order valence-electron chi connectivity index (χ0n) is 11.9. The number of rotatable bonds is 2. The quantitative estimate of drug-likeness (QED) is 0.890. The molecule has 21 heavy (non-hydrogen) atoms. The summed E-state index contributed by atoms with van der Waals surface area (Å²) in [5.74, 6) is -1.09. The Morgan fingerprint density at radius 2 is 1.90 bits per heavy atom. The molecule has 0 bridgehead atoms. The Labute approximate surface area is 122 Å². The van der Waals surface area contributed by atoms with Gasteiger partial charge in [-0.1, -0.05) is 18.2 Å². The number of hydrogen-bond acceptors (Lipinski definition) is 2. The maximum Gasteiger partial charge on any atom is 0.306 e. The second kappa shape index (κ2) is 5.24. The predicted molar refractivity (Wildman–Crippen MR) is 79.3 cm³/mol. The normalized spacial score (nSPS) is 16.3. The first-order chi connectivity index (χ1) is 10.1. The molecule has 1 aromatic heterocycles. The molecule has 3 rings (SSSR count). The van der Waals surface area contributed by atoms with Crippen LogP contribution in [0.5, 0.6) is 0 Å². The SMILES string of the molecule is Cc1[nH]c2ccccc2c1C(=O)N1CCC(C(=O)O)CC1. The van der Waals surface area contributed by atoms with E-state index in [1.165, 1.54) is 0 Å². The lowest BCUT2D eigenvalue weighted by atomic mass is 9.96. The van der Waals surface area contributed by atoms with Crippen LogP contribution in [0.15, 0.2) is 24.3 Å². The molecule has 2 aromatic rings. The van der Waals surface area contributed by atoms with Gasteiger partial charge in [-0.15, -0.1) is 0 Å². The van der Waals surface area contributed by atoms with E-state index in [-0.39, 0.29) is 11.8 Å². The third-order valence-electron chi connectivity index (χ3n) is 4.24. The van der Waals surface area contributed by atoms with Crippen LogP contribution in [0.3, 0.4) is 0 Å². The van der Waals surface area contributed by atoms with Gasteiger partial charge in [0.1, 0.15) is 0 Å². The highest BCUT2D eigenvalue weighted by Gasteiger charge is 2.29. The minimum Gasteiger partial charge on any atom is -0.481 e. The van der Waals surface area contributed by atoms with Gasteiger partial charge < -0.3 is 15.0 Å². The van der Waals surface area contributed by atoms with E-state index in [1.54, 1.807) is 4.90 Å². The number of nitrogens with one attached hydrogen (secondary N) is 1. The number of amides is 1. The molecule has 0 radical (unpaired) electrons. The van der Waals surface area contributed by atoms with Crippen molar-refractivity contribution < 1.29 is 14.7 Å². The van der Waals surface area contributed by atoms with Gasteiger partial charge in [0.25, 0.3) is 5.91 Å². The number of benzene rings is 1. The highest BCUT2D eigenvalue weighted by Crippen LogP contribution is 2.25. The Morgan fingerprint density at radius 3 is 2.57 bits per heavy atom. The fraction of sp³-hybridized carbons (Fsp3) is 0.375. The van der Waals surface area contributed by atoms with Crippen LogP contribution in [0.1, 0.15) is 28.9 Å². The van der Waals surface area contributed by atoms with Crippen LogP contribution in [0.4, 0.5) is 0 Å². The summed E-state index contributed by atoms with van der Waals surface area (Å²) >= 11 is 0. The van der Waals surface area contributed by atoms with Crippen LogP contribution in [-0.2, 0) is 4.79 Å². The number of piperidine rings is 1. The largest absolute Gasteiger partial charge is 0.481 e. The van der Waals surface area contributed by atoms with E-state index in [0.29, 0.717) is 31.5 Å². The van der Waals surface area contributed by atoms with Crippen LogP contribution < -0.4 is 0 Å². The summed E-state index contributed by atoms with van der Waals surface area (Å²) in [7, 11) is 0. The molecule has 1 saturated heterocycles. The summed E-state index contributed by atoms with van der Waals surface area (Å²) in [5.41, 5.74) is 2.53. The van der Waals surface area contributed by atoms with Crippen molar-refractivity contribution in [1.29, 1.82) is 0 Å². The molecule has 0 saturated carbocycles. The third kappa shape index (κ3) is 2.39. The van der Waals surface area contributed by atoms with Gasteiger partial charge in [-0.25, -0.2) is 0 Å². The molecule has 0 aliphatic carbocycles. The fourth-order valence-corrected chi connectivity index (χ4v) is 3.04. The molecule has 1 fully saturated rings. The van der Waals surface area contributed by atoms with Gasteiger partial charge in [-0.3, -0.25) is 9.59 Å². The zero-order chi connectivity index (χ0) is 15.0. The topological polar surface area (TPSA) is 73.4 Å². The van der Waals surface area contributed by atoms with Gasteiger partial charge in [0.2, 0.25) is 0 Å². The summed E-state index contributed by atoms with van der Waals surface area (Å²) in [6.07, 6.45) is 1.06. The fourth-order valence-electron chi connectivity index (χ4n) is 3.04. The van der Waals surface area contributed by atoms with Crippen molar-refractivity contribution in [3.05, 3.63) is 35.5 Å². The molecule has 0 atom stereocenters. The van der Waals surface area contributed by atoms with Crippen molar-refractivity contribution in [2.75, 3.05) is 13.1 Å². The minimum atomic E-state index is -0.759. The number of aromatic amines is 1. The number of aryl methyl sites for hydroxylation is 1. The monoisotopic (exact) mass is 286 g/mol. The van der Waals surface area contributed by atoms with Gasteiger partial charge in [-0.2, -0.15) is 0 Å². The Hall–Kier alpha value is -2.30. The highest BCUT2D eigenvalue weighted by molar-refractivity contribution is 6.08. The number of fused-ring (bicyclic) bond motifs is 1.